The van der Waals surface area contributed by atoms with E-state index in [1.807, 2.05) is 13.0 Å². The number of hydrogen-bond donors (Lipinski definition) is 3. The van der Waals surface area contributed by atoms with Crippen molar-refractivity contribution >= 4 is 33.5 Å². The average molecular weight is 665 g/mol. The third-order valence-electron chi connectivity index (χ3n) is 11.7. The SMILES string of the molecule is CN=C1C=C[C@@]2(C)C(=C1)[C@@H](C)C[C@@H]1[C@@H]2[C@@H](O)C[C@@]2(C)[C@H]1CC[C@]2(O)C(=O)COC(=O)CCCCCCC(=O)N(C)CCS(=O)(=O)O. The highest BCUT2D eigenvalue weighted by molar-refractivity contribution is 7.85. The van der Waals surface area contributed by atoms with Crippen molar-refractivity contribution in [3.63, 3.8) is 0 Å². The lowest BCUT2D eigenvalue weighted by atomic mass is 9.44. The fourth-order valence-corrected chi connectivity index (χ4v) is 9.67. The van der Waals surface area contributed by atoms with Crippen LogP contribution < -0.4 is 0 Å². The van der Waals surface area contributed by atoms with E-state index in [1.54, 1.807) is 7.05 Å². The Morgan fingerprint density at radius 3 is 2.46 bits per heavy atom. The fraction of sp³-hybridized carbons (Fsp3) is 0.765. The van der Waals surface area contributed by atoms with E-state index < -0.39 is 51.4 Å². The zero-order chi connectivity index (χ0) is 34.1. The summed E-state index contributed by atoms with van der Waals surface area (Å²) in [5.74, 6) is -1.33. The molecule has 3 fully saturated rings. The summed E-state index contributed by atoms with van der Waals surface area (Å²) in [7, 11) is -0.865. The molecule has 0 aromatic carbocycles. The summed E-state index contributed by atoms with van der Waals surface area (Å²) in [6.07, 6.45) is 10.6. The normalized spacial score (nSPS) is 36.0. The lowest BCUT2D eigenvalue weighted by Gasteiger charge is -2.60. The third-order valence-corrected chi connectivity index (χ3v) is 12.4. The van der Waals surface area contributed by atoms with E-state index in [0.29, 0.717) is 38.5 Å². The molecule has 0 aromatic rings. The number of aliphatic hydroxyl groups excluding tert-OH is 1. The number of carbonyl (C=O) groups is 3. The molecule has 0 aliphatic heterocycles. The van der Waals surface area contributed by atoms with Crippen molar-refractivity contribution in [2.75, 3.05) is 33.0 Å². The average Bonchev–Trinajstić information content (AvgIpc) is 3.26. The molecule has 0 spiro atoms. The minimum atomic E-state index is -4.13. The van der Waals surface area contributed by atoms with Gasteiger partial charge in [0.25, 0.3) is 10.1 Å². The van der Waals surface area contributed by atoms with Gasteiger partial charge >= 0.3 is 5.97 Å². The molecule has 12 heteroatoms. The molecule has 0 bridgehead atoms. The molecule has 11 nitrogen and oxygen atoms in total. The van der Waals surface area contributed by atoms with Gasteiger partial charge in [-0.05, 0) is 68.4 Å². The molecule has 4 aliphatic rings. The van der Waals surface area contributed by atoms with Crippen molar-refractivity contribution < 1.29 is 42.3 Å². The molecular weight excluding hydrogens is 612 g/mol. The highest BCUT2D eigenvalue weighted by atomic mass is 32.2. The number of allylic oxidation sites excluding steroid dienone is 4. The molecule has 0 saturated heterocycles. The predicted octanol–water partition coefficient (Wildman–Crippen LogP) is 3.54. The van der Waals surface area contributed by atoms with Crippen LogP contribution in [0.3, 0.4) is 0 Å². The second-order valence-corrected chi connectivity index (χ2v) is 16.1. The van der Waals surface area contributed by atoms with Crippen molar-refractivity contribution in [1.82, 2.24) is 4.90 Å². The van der Waals surface area contributed by atoms with Crippen LogP contribution in [0, 0.1) is 34.5 Å². The molecule has 258 valence electrons. The predicted molar refractivity (Wildman–Crippen MR) is 174 cm³/mol. The molecule has 0 heterocycles. The number of ketones is 1. The molecule has 1 amide bonds. The Labute approximate surface area is 273 Å². The van der Waals surface area contributed by atoms with Crippen LogP contribution in [0.15, 0.2) is 28.8 Å². The first-order valence-corrected chi connectivity index (χ1v) is 18.2. The number of aliphatic hydroxyl groups is 2. The monoisotopic (exact) mass is 664 g/mol. The second-order valence-electron chi connectivity index (χ2n) is 14.5. The van der Waals surface area contributed by atoms with Gasteiger partial charge in [-0.15, -0.1) is 0 Å². The Balaban J connectivity index is 1.26. The summed E-state index contributed by atoms with van der Waals surface area (Å²) < 4.78 is 35.8. The largest absolute Gasteiger partial charge is 0.458 e. The topological polar surface area (TPSA) is 171 Å². The third kappa shape index (κ3) is 7.19. The summed E-state index contributed by atoms with van der Waals surface area (Å²) >= 11 is 0. The highest BCUT2D eigenvalue weighted by Crippen LogP contribution is 2.67. The number of carbonyl (C=O) groups excluding carboxylic acids is 3. The standard InChI is InChI=1S/C34H52N2O9S/c1-22-18-24-25-13-15-34(41,33(25,3)20-27(37)31(24)32(2)14-12-23(35-4)19-26(22)32)28(38)21-45-30(40)11-9-7-6-8-10-29(39)36(5)16-17-46(42,43)44/h12,14,19,22,24-25,27,31,37,41H,6-11,13,15-18,20-21H2,1-5H3,(H,42,43,44)/t22-,24-,25-,27-,31+,32-,33-,34-/m0/s1. The molecule has 4 aliphatic carbocycles. The van der Waals surface area contributed by atoms with Crippen LogP contribution in [-0.4, -0.2) is 96.2 Å². The van der Waals surface area contributed by atoms with E-state index in [0.717, 1.165) is 12.1 Å². The van der Waals surface area contributed by atoms with E-state index >= 15 is 0 Å². The first-order valence-electron chi connectivity index (χ1n) is 16.6. The van der Waals surface area contributed by atoms with Crippen molar-refractivity contribution in [1.29, 1.82) is 0 Å². The maximum atomic E-state index is 13.5. The van der Waals surface area contributed by atoms with Gasteiger partial charge in [-0.2, -0.15) is 8.42 Å². The Morgan fingerprint density at radius 1 is 1.13 bits per heavy atom. The molecule has 0 aromatic heterocycles. The van der Waals surface area contributed by atoms with Gasteiger partial charge in [0.1, 0.15) is 5.60 Å². The summed E-state index contributed by atoms with van der Waals surface area (Å²) in [6.45, 7) is 5.75. The number of hydrogen-bond acceptors (Lipinski definition) is 9. The van der Waals surface area contributed by atoms with Crippen LogP contribution in [-0.2, 0) is 29.2 Å². The summed E-state index contributed by atoms with van der Waals surface area (Å²) in [6, 6.07) is 0. The molecule has 46 heavy (non-hydrogen) atoms. The number of nitrogens with zero attached hydrogens (tertiary/aromatic N) is 2. The first-order chi connectivity index (χ1) is 21.5. The molecule has 3 N–H and O–H groups in total. The molecule has 3 saturated carbocycles. The van der Waals surface area contributed by atoms with E-state index in [4.69, 9.17) is 9.29 Å². The van der Waals surface area contributed by atoms with Gasteiger partial charge in [0.05, 0.1) is 17.6 Å². The van der Waals surface area contributed by atoms with Crippen molar-refractivity contribution in [3.05, 3.63) is 23.8 Å². The second kappa shape index (κ2) is 14.0. The number of ether oxygens (including phenoxy) is 1. The fourth-order valence-electron chi connectivity index (χ4n) is 9.17. The number of esters is 1. The Hall–Kier alpha value is -2.41. The number of unbranched alkanes of at least 4 members (excludes halogenated alkanes) is 3. The summed E-state index contributed by atoms with van der Waals surface area (Å²) in [5.41, 5.74) is -0.631. The van der Waals surface area contributed by atoms with Gasteiger partial charge in [0.15, 0.2) is 6.61 Å². The van der Waals surface area contributed by atoms with Gasteiger partial charge in [-0.3, -0.25) is 23.9 Å². The van der Waals surface area contributed by atoms with E-state index in [-0.39, 0.29) is 60.8 Å². The molecule has 8 atom stereocenters. The Morgan fingerprint density at radius 2 is 1.80 bits per heavy atom. The van der Waals surface area contributed by atoms with E-state index in [9.17, 15) is 33.0 Å². The van der Waals surface area contributed by atoms with Gasteiger partial charge < -0.3 is 19.8 Å². The van der Waals surface area contributed by atoms with Crippen LogP contribution >= 0.6 is 0 Å². The van der Waals surface area contributed by atoms with Crippen molar-refractivity contribution in [3.8, 4) is 0 Å². The van der Waals surface area contributed by atoms with Gasteiger partial charge in [0, 0.05) is 50.2 Å². The quantitative estimate of drug-likeness (QED) is 0.151. The Bertz CT molecular complexity index is 1390. The van der Waals surface area contributed by atoms with Crippen LogP contribution in [0.1, 0.15) is 85.0 Å². The maximum absolute atomic E-state index is 13.5. The van der Waals surface area contributed by atoms with E-state index in [1.165, 1.54) is 17.5 Å². The number of aliphatic imine (C=N–C) groups is 1. The van der Waals surface area contributed by atoms with Crippen molar-refractivity contribution in [2.24, 2.45) is 39.5 Å². The van der Waals surface area contributed by atoms with Gasteiger partial charge in [0.2, 0.25) is 11.7 Å². The number of rotatable bonds is 13. The molecule has 0 radical (unpaired) electrons. The Kier molecular flexibility index (Phi) is 11.1. The maximum Gasteiger partial charge on any atom is 0.306 e. The van der Waals surface area contributed by atoms with Crippen molar-refractivity contribution in [2.45, 2.75) is 96.7 Å². The van der Waals surface area contributed by atoms with Crippen LogP contribution in [0.4, 0.5) is 0 Å². The lowest BCUT2D eigenvalue weighted by Crippen LogP contribution is -2.62. The van der Waals surface area contributed by atoms with Gasteiger partial charge in [-0.1, -0.05) is 45.3 Å². The van der Waals surface area contributed by atoms with Gasteiger partial charge in [-0.25, -0.2) is 0 Å². The van der Waals surface area contributed by atoms with Crippen LogP contribution in [0.2, 0.25) is 0 Å². The molecule has 0 unspecified atom stereocenters. The summed E-state index contributed by atoms with van der Waals surface area (Å²) in [5, 5.41) is 23.6. The smallest absolute Gasteiger partial charge is 0.306 e. The lowest BCUT2D eigenvalue weighted by molar-refractivity contribution is -0.182. The first kappa shape index (κ1) is 36.4. The van der Waals surface area contributed by atoms with Crippen LogP contribution in [0.5, 0.6) is 0 Å². The minimum absolute atomic E-state index is 0.0259. The highest BCUT2D eigenvalue weighted by Gasteiger charge is 2.68. The zero-order valence-electron chi connectivity index (χ0n) is 27.9. The number of fused-ring (bicyclic) bond motifs is 5. The molecular formula is C34H52N2O9S. The number of amides is 1. The van der Waals surface area contributed by atoms with Crippen LogP contribution in [0.25, 0.3) is 0 Å². The molecule has 4 rings (SSSR count). The minimum Gasteiger partial charge on any atom is -0.458 e. The zero-order valence-corrected chi connectivity index (χ0v) is 28.7. The van der Waals surface area contributed by atoms with E-state index in [2.05, 4.69) is 31.0 Å². The number of Topliss-reactive ketones (excluding diaryl/α,β-unsaturated/α-hetero) is 1. The summed E-state index contributed by atoms with van der Waals surface area (Å²) in [4.78, 5) is 43.7.